The smallest absolute Gasteiger partial charge is 0.265 e. The number of carbonyl (C=O) groups excluding carboxylic acids is 1. The van der Waals surface area contributed by atoms with Crippen LogP contribution < -0.4 is 0 Å². The summed E-state index contributed by atoms with van der Waals surface area (Å²) in [7, 11) is -4.08. The van der Waals surface area contributed by atoms with Crippen LogP contribution in [0.3, 0.4) is 0 Å². The Morgan fingerprint density at radius 1 is 1.23 bits per heavy atom. The van der Waals surface area contributed by atoms with Crippen LogP contribution in [0.25, 0.3) is 0 Å². The van der Waals surface area contributed by atoms with Gasteiger partial charge in [-0.3, -0.25) is 9.35 Å². The molecule has 7 heteroatoms. The largest absolute Gasteiger partial charge is 0.314 e. The Hall–Kier alpha value is -0.500. The van der Waals surface area contributed by atoms with Gasteiger partial charge in [-0.1, -0.05) is 20.3 Å². The molecule has 0 radical (unpaired) electrons. The zero-order valence-corrected chi connectivity index (χ0v) is 14.2. The molecule has 3 rings (SSSR count). The van der Waals surface area contributed by atoms with Crippen LogP contribution in [0.15, 0.2) is 0 Å². The molecule has 3 fully saturated rings. The molecule has 1 aliphatic heterocycles. The molecule has 0 spiro atoms. The highest BCUT2D eigenvalue weighted by Gasteiger charge is 2.65. The summed E-state index contributed by atoms with van der Waals surface area (Å²) in [6, 6.07) is 0. The first kappa shape index (κ1) is 17.8. The maximum absolute atomic E-state index is 11.9. The van der Waals surface area contributed by atoms with Crippen molar-refractivity contribution >= 4 is 15.9 Å². The molecule has 0 amide bonds. The van der Waals surface area contributed by atoms with Crippen molar-refractivity contribution in [1.29, 1.82) is 0 Å². The summed E-state index contributed by atoms with van der Waals surface area (Å²) >= 11 is 0. The van der Waals surface area contributed by atoms with Crippen molar-refractivity contribution in [3.05, 3.63) is 0 Å². The van der Waals surface area contributed by atoms with Gasteiger partial charge < -0.3 is 5.21 Å². The van der Waals surface area contributed by atoms with Crippen molar-refractivity contribution in [1.82, 2.24) is 5.06 Å². The van der Waals surface area contributed by atoms with E-state index < -0.39 is 21.3 Å². The van der Waals surface area contributed by atoms with Gasteiger partial charge in [0.05, 0.1) is 11.2 Å². The molecule has 0 aromatic rings. The highest BCUT2D eigenvalue weighted by molar-refractivity contribution is 7.85. The van der Waals surface area contributed by atoms with Crippen LogP contribution in [0.2, 0.25) is 0 Å². The fourth-order valence-electron chi connectivity index (χ4n) is 4.30. The van der Waals surface area contributed by atoms with Gasteiger partial charge in [-0.25, -0.2) is 0 Å². The fraction of sp³-hybridized carbons (Fsp3) is 0.933. The molecule has 2 atom stereocenters. The van der Waals surface area contributed by atoms with Crippen LogP contribution in [0.4, 0.5) is 0 Å². The zero-order valence-electron chi connectivity index (χ0n) is 13.4. The lowest BCUT2D eigenvalue weighted by Crippen LogP contribution is -2.42. The highest BCUT2D eigenvalue weighted by atomic mass is 32.2. The molecule has 1 heterocycles. The first-order chi connectivity index (χ1) is 10.1. The average molecular weight is 333 g/mol. The van der Waals surface area contributed by atoms with E-state index in [9.17, 15) is 13.2 Å². The van der Waals surface area contributed by atoms with Crippen molar-refractivity contribution in [2.75, 3.05) is 18.8 Å². The van der Waals surface area contributed by atoms with E-state index in [1.165, 1.54) is 11.5 Å². The Kier molecular flexibility index (Phi) is 5.02. The summed E-state index contributed by atoms with van der Waals surface area (Å²) in [6.07, 6.45) is 5.59. The molecule has 2 aliphatic carbocycles. The summed E-state index contributed by atoms with van der Waals surface area (Å²) < 4.78 is 31.0. The molecule has 0 aromatic heterocycles. The highest BCUT2D eigenvalue weighted by Crippen LogP contribution is 2.64. The number of Topliss-reactive ketones (excluding diaryl/α,β-unsaturated/α-hetero) is 1. The molecule has 1 saturated heterocycles. The number of carbonyl (C=O) groups is 1. The van der Waals surface area contributed by atoms with Crippen molar-refractivity contribution in [2.45, 2.75) is 52.4 Å². The van der Waals surface area contributed by atoms with E-state index in [1.54, 1.807) is 0 Å². The first-order valence-electron chi connectivity index (χ1n) is 8.01. The molecule has 2 unspecified atom stereocenters. The molecule has 3 aliphatic rings. The maximum Gasteiger partial charge on any atom is 0.265 e. The van der Waals surface area contributed by atoms with Crippen molar-refractivity contribution < 1.29 is 23.0 Å². The zero-order chi connectivity index (χ0) is 16.6. The Morgan fingerprint density at radius 2 is 1.82 bits per heavy atom. The molecular weight excluding hydrogens is 306 g/mol. The van der Waals surface area contributed by atoms with E-state index in [0.29, 0.717) is 12.8 Å². The third kappa shape index (κ3) is 3.37. The van der Waals surface area contributed by atoms with Gasteiger partial charge in [0.15, 0.2) is 0 Å². The maximum atomic E-state index is 11.9. The van der Waals surface area contributed by atoms with Crippen LogP contribution in [-0.4, -0.2) is 47.9 Å². The van der Waals surface area contributed by atoms with Crippen molar-refractivity contribution in [2.24, 2.45) is 16.7 Å². The van der Waals surface area contributed by atoms with Gasteiger partial charge in [0.2, 0.25) is 0 Å². The predicted octanol–water partition coefficient (Wildman–Crippen LogP) is 2.13. The molecule has 2 N–H and O–H groups in total. The van der Waals surface area contributed by atoms with Crippen LogP contribution >= 0.6 is 0 Å². The normalized spacial score (nSPS) is 34.4. The van der Waals surface area contributed by atoms with E-state index in [4.69, 9.17) is 9.76 Å². The first-order valence-corrected chi connectivity index (χ1v) is 9.62. The van der Waals surface area contributed by atoms with Gasteiger partial charge in [0.1, 0.15) is 5.78 Å². The summed E-state index contributed by atoms with van der Waals surface area (Å²) in [5.41, 5.74) is -1.12. The number of ketones is 1. The summed E-state index contributed by atoms with van der Waals surface area (Å²) in [6.45, 7) is 5.64. The van der Waals surface area contributed by atoms with E-state index in [1.807, 2.05) is 13.8 Å². The van der Waals surface area contributed by atoms with E-state index in [2.05, 4.69) is 0 Å². The summed E-state index contributed by atoms with van der Waals surface area (Å²) in [5.74, 6) is -0.101. The van der Waals surface area contributed by atoms with Crippen LogP contribution in [0.5, 0.6) is 0 Å². The van der Waals surface area contributed by atoms with Gasteiger partial charge in [0.25, 0.3) is 10.1 Å². The Labute approximate surface area is 132 Å². The number of hydrogen-bond acceptors (Lipinski definition) is 5. The van der Waals surface area contributed by atoms with Gasteiger partial charge in [0, 0.05) is 19.5 Å². The number of hydroxylamine groups is 2. The Morgan fingerprint density at radius 3 is 2.14 bits per heavy atom. The van der Waals surface area contributed by atoms with Gasteiger partial charge in [-0.2, -0.15) is 13.5 Å². The molecule has 128 valence electrons. The quantitative estimate of drug-likeness (QED) is 0.752. The molecule has 2 bridgehead atoms. The van der Waals surface area contributed by atoms with Crippen LogP contribution in [0, 0.1) is 16.7 Å². The van der Waals surface area contributed by atoms with Crippen LogP contribution in [0.1, 0.15) is 52.4 Å². The van der Waals surface area contributed by atoms with E-state index in [-0.39, 0.29) is 17.1 Å². The SMILES string of the molecule is CC1(C)C2CCC1(CS(=O)(=O)O)C(=O)C2.ON1CCCCC1. The number of rotatable bonds is 2. The number of hydrogen-bond donors (Lipinski definition) is 2. The van der Waals surface area contributed by atoms with E-state index in [0.717, 1.165) is 32.4 Å². The van der Waals surface area contributed by atoms with Gasteiger partial charge in [-0.15, -0.1) is 0 Å². The van der Waals surface area contributed by atoms with Crippen molar-refractivity contribution in [3.8, 4) is 0 Å². The lowest BCUT2D eigenvalue weighted by Gasteiger charge is -2.35. The number of nitrogens with zero attached hydrogens (tertiary/aromatic N) is 1. The number of fused-ring (bicyclic) bond motifs is 2. The van der Waals surface area contributed by atoms with Gasteiger partial charge in [-0.05, 0) is 37.0 Å². The second-order valence-corrected chi connectivity index (χ2v) is 8.86. The average Bonchev–Trinajstić information content (AvgIpc) is 2.72. The van der Waals surface area contributed by atoms with Gasteiger partial charge >= 0.3 is 0 Å². The lowest BCUT2D eigenvalue weighted by atomic mass is 9.70. The summed E-state index contributed by atoms with van der Waals surface area (Å²) in [4.78, 5) is 11.9. The number of piperidine rings is 1. The van der Waals surface area contributed by atoms with E-state index >= 15 is 0 Å². The summed E-state index contributed by atoms with van der Waals surface area (Å²) in [5, 5.41) is 10.1. The second-order valence-electron chi connectivity index (χ2n) is 7.41. The minimum atomic E-state index is -4.08. The standard InChI is InChI=1S/C10H16O4S.C5H11NO/c1-9(2)7-3-4-10(9,8(11)5-7)6-15(12,13)14;7-6-4-2-1-3-5-6/h7H,3-6H2,1-2H3,(H,12,13,14);7H,1-5H2. The third-order valence-corrected chi connectivity index (χ3v) is 6.76. The molecular formula is C15H27NO5S. The van der Waals surface area contributed by atoms with Crippen LogP contribution in [-0.2, 0) is 14.9 Å². The van der Waals surface area contributed by atoms with Crippen molar-refractivity contribution in [3.63, 3.8) is 0 Å². The minimum Gasteiger partial charge on any atom is -0.314 e. The molecule has 6 nitrogen and oxygen atoms in total. The Bertz CT molecular complexity index is 524. The predicted molar refractivity (Wildman–Crippen MR) is 82.2 cm³/mol. The fourth-order valence-corrected chi connectivity index (χ4v) is 5.60. The third-order valence-electron chi connectivity index (χ3n) is 5.90. The monoisotopic (exact) mass is 333 g/mol. The minimum absolute atomic E-state index is 0.0152. The molecule has 2 saturated carbocycles. The molecule has 22 heavy (non-hydrogen) atoms. The Balaban J connectivity index is 0.000000211. The molecule has 0 aromatic carbocycles. The topological polar surface area (TPSA) is 94.9 Å². The second kappa shape index (κ2) is 6.19. The lowest BCUT2D eigenvalue weighted by molar-refractivity contribution is -0.128.